The molecule has 0 amide bonds. The van der Waals surface area contributed by atoms with Gasteiger partial charge in [0.1, 0.15) is 28.8 Å². The van der Waals surface area contributed by atoms with Crippen molar-refractivity contribution in [2.75, 3.05) is 0 Å². The number of hydrogen-bond acceptors (Lipinski definition) is 5. The van der Waals surface area contributed by atoms with Crippen LogP contribution in [0.3, 0.4) is 0 Å². The molecule has 0 saturated carbocycles. The number of benzene rings is 1. The number of nitriles is 1. The first-order chi connectivity index (χ1) is 19.1. The van der Waals surface area contributed by atoms with Gasteiger partial charge in [0.25, 0.3) is 5.56 Å². The van der Waals surface area contributed by atoms with E-state index >= 15 is 0 Å². The maximum Gasteiger partial charge on any atom is 0.421 e. The number of halogens is 8. The Morgan fingerprint density at radius 1 is 1.00 bits per heavy atom. The lowest BCUT2D eigenvalue weighted by Crippen LogP contribution is -2.29. The molecule has 3 heterocycles. The van der Waals surface area contributed by atoms with Gasteiger partial charge in [-0.2, -0.15) is 31.6 Å². The third-order valence-corrected chi connectivity index (χ3v) is 5.75. The summed E-state index contributed by atoms with van der Waals surface area (Å²) < 4.78 is 121. The molecule has 41 heavy (non-hydrogen) atoms. The van der Waals surface area contributed by atoms with Crippen molar-refractivity contribution in [2.45, 2.75) is 38.8 Å². The normalized spacial score (nSPS) is 12.0. The molecule has 4 aromatic rings. The standard InChI is InChI=1S/C27H17F8N3O3/c1-13(2)41-24-20(27(33,34)35)5-15(10-37-24)16-6-23(40-12-16)22-8-19(26(30,31)32)18(9-36)25(39)38(22)11-14-3-4-17(28)7-21(14)29/h3-8,10,12-13H,11H2,1-2H3. The first kappa shape index (κ1) is 29.3. The Balaban J connectivity index is 1.90. The first-order valence-electron chi connectivity index (χ1n) is 11.6. The van der Waals surface area contributed by atoms with Crippen molar-refractivity contribution in [2.24, 2.45) is 0 Å². The van der Waals surface area contributed by atoms with Gasteiger partial charge in [-0.25, -0.2) is 13.8 Å². The molecule has 0 aliphatic carbocycles. The third-order valence-electron chi connectivity index (χ3n) is 5.75. The molecule has 0 saturated heterocycles. The van der Waals surface area contributed by atoms with Crippen molar-refractivity contribution in [3.05, 3.63) is 93.1 Å². The summed E-state index contributed by atoms with van der Waals surface area (Å²) in [4.78, 5) is 16.8. The van der Waals surface area contributed by atoms with Crippen LogP contribution in [0, 0.1) is 23.0 Å². The van der Waals surface area contributed by atoms with Crippen molar-refractivity contribution < 1.29 is 44.3 Å². The summed E-state index contributed by atoms with van der Waals surface area (Å²) >= 11 is 0. The molecule has 6 nitrogen and oxygen atoms in total. The van der Waals surface area contributed by atoms with E-state index in [1.54, 1.807) is 0 Å². The van der Waals surface area contributed by atoms with Crippen molar-refractivity contribution in [3.63, 3.8) is 0 Å². The fraction of sp³-hybridized carbons (Fsp3) is 0.222. The quantitative estimate of drug-likeness (QED) is 0.225. The maximum absolute atomic E-state index is 14.4. The van der Waals surface area contributed by atoms with Crippen LogP contribution in [-0.2, 0) is 18.9 Å². The number of alkyl halides is 6. The van der Waals surface area contributed by atoms with Gasteiger partial charge in [0.15, 0.2) is 5.76 Å². The van der Waals surface area contributed by atoms with Gasteiger partial charge >= 0.3 is 12.4 Å². The molecule has 0 fully saturated rings. The van der Waals surface area contributed by atoms with Crippen LogP contribution in [0.2, 0.25) is 0 Å². The molecular weight excluding hydrogens is 566 g/mol. The summed E-state index contributed by atoms with van der Waals surface area (Å²) in [6, 6.07) is 5.72. The van der Waals surface area contributed by atoms with Crippen LogP contribution in [-0.4, -0.2) is 15.7 Å². The Hall–Kier alpha value is -4.67. The smallest absolute Gasteiger partial charge is 0.421 e. The van der Waals surface area contributed by atoms with E-state index in [-0.39, 0.29) is 16.7 Å². The zero-order chi connectivity index (χ0) is 30.3. The van der Waals surface area contributed by atoms with Gasteiger partial charge < -0.3 is 9.15 Å². The Kier molecular flexibility index (Phi) is 7.66. The molecule has 0 bridgehead atoms. The minimum atomic E-state index is -5.16. The van der Waals surface area contributed by atoms with Gasteiger partial charge in [0.05, 0.1) is 30.2 Å². The second kappa shape index (κ2) is 10.7. The molecule has 0 radical (unpaired) electrons. The van der Waals surface area contributed by atoms with Crippen LogP contribution in [0.5, 0.6) is 5.88 Å². The van der Waals surface area contributed by atoms with E-state index < -0.39 is 76.2 Å². The number of hydrogen-bond donors (Lipinski definition) is 0. The molecule has 1 aromatic carbocycles. The van der Waals surface area contributed by atoms with Crippen LogP contribution in [0.15, 0.2) is 58.1 Å². The number of pyridine rings is 2. The lowest BCUT2D eigenvalue weighted by atomic mass is 10.0. The van der Waals surface area contributed by atoms with Gasteiger partial charge in [0.2, 0.25) is 5.88 Å². The van der Waals surface area contributed by atoms with E-state index in [2.05, 4.69) is 4.98 Å². The summed E-state index contributed by atoms with van der Waals surface area (Å²) in [5, 5.41) is 9.31. The van der Waals surface area contributed by atoms with E-state index in [1.165, 1.54) is 19.9 Å². The minimum absolute atomic E-state index is 0.0565. The summed E-state index contributed by atoms with van der Waals surface area (Å²) in [5.74, 6) is -3.17. The largest absolute Gasteiger partial charge is 0.475 e. The highest BCUT2D eigenvalue weighted by atomic mass is 19.4. The molecule has 14 heteroatoms. The summed E-state index contributed by atoms with van der Waals surface area (Å²) in [5.41, 5.74) is -6.63. The highest BCUT2D eigenvalue weighted by Crippen LogP contribution is 2.39. The number of aromatic nitrogens is 2. The Bertz CT molecular complexity index is 1710. The number of rotatable bonds is 6. The zero-order valence-electron chi connectivity index (χ0n) is 21.0. The molecule has 3 aromatic heterocycles. The molecule has 0 aliphatic heterocycles. The number of ether oxygens (including phenoxy) is 1. The van der Waals surface area contributed by atoms with E-state index in [0.717, 1.165) is 30.7 Å². The zero-order valence-corrected chi connectivity index (χ0v) is 21.0. The average Bonchev–Trinajstić information content (AvgIpc) is 3.35. The van der Waals surface area contributed by atoms with Crippen LogP contribution < -0.4 is 10.3 Å². The SMILES string of the molecule is CC(C)Oc1ncc(-c2coc(-c3cc(C(F)(F)F)c(C#N)c(=O)n3Cc3ccc(F)cc3F)c2)cc1C(F)(F)F. The Morgan fingerprint density at radius 3 is 2.27 bits per heavy atom. The van der Waals surface area contributed by atoms with Gasteiger partial charge in [0, 0.05) is 29.0 Å². The van der Waals surface area contributed by atoms with E-state index in [0.29, 0.717) is 22.8 Å². The fourth-order valence-electron chi connectivity index (χ4n) is 3.91. The summed E-state index contributed by atoms with van der Waals surface area (Å²) in [7, 11) is 0. The molecule has 0 atom stereocenters. The Morgan fingerprint density at radius 2 is 1.68 bits per heavy atom. The lowest BCUT2D eigenvalue weighted by molar-refractivity contribution is -0.139. The van der Waals surface area contributed by atoms with Gasteiger partial charge in [-0.15, -0.1) is 0 Å². The molecule has 0 aliphatic rings. The topological polar surface area (TPSA) is 81.1 Å². The number of furan rings is 1. The average molecular weight is 583 g/mol. The molecular formula is C27H17F8N3O3. The molecule has 4 rings (SSSR count). The van der Waals surface area contributed by atoms with Crippen LogP contribution in [0.1, 0.15) is 36.1 Å². The van der Waals surface area contributed by atoms with Crippen molar-refractivity contribution in [3.8, 4) is 34.5 Å². The monoisotopic (exact) mass is 583 g/mol. The second-order valence-electron chi connectivity index (χ2n) is 9.00. The predicted molar refractivity (Wildman–Crippen MR) is 128 cm³/mol. The van der Waals surface area contributed by atoms with Crippen molar-refractivity contribution >= 4 is 0 Å². The fourth-order valence-corrected chi connectivity index (χ4v) is 3.91. The van der Waals surface area contributed by atoms with Gasteiger partial charge in [-0.3, -0.25) is 9.36 Å². The van der Waals surface area contributed by atoms with E-state index in [9.17, 15) is 45.2 Å². The van der Waals surface area contributed by atoms with Crippen LogP contribution in [0.4, 0.5) is 35.1 Å². The molecule has 0 unspecified atom stereocenters. The number of nitrogens with zero attached hydrogens (tertiary/aromatic N) is 3. The lowest BCUT2D eigenvalue weighted by Gasteiger charge is -2.16. The summed E-state index contributed by atoms with van der Waals surface area (Å²) in [6.45, 7) is 2.27. The maximum atomic E-state index is 14.4. The first-order valence-corrected chi connectivity index (χ1v) is 11.6. The molecule has 0 spiro atoms. The second-order valence-corrected chi connectivity index (χ2v) is 9.00. The summed E-state index contributed by atoms with van der Waals surface area (Å²) in [6.07, 6.45) is -8.70. The van der Waals surface area contributed by atoms with Crippen LogP contribution >= 0.6 is 0 Å². The van der Waals surface area contributed by atoms with E-state index in [4.69, 9.17) is 9.15 Å². The van der Waals surface area contributed by atoms with Crippen molar-refractivity contribution in [1.29, 1.82) is 5.26 Å². The van der Waals surface area contributed by atoms with Crippen LogP contribution in [0.25, 0.3) is 22.6 Å². The third kappa shape index (κ3) is 6.08. The Labute approximate surface area is 226 Å². The minimum Gasteiger partial charge on any atom is -0.475 e. The van der Waals surface area contributed by atoms with Gasteiger partial charge in [-0.1, -0.05) is 6.07 Å². The van der Waals surface area contributed by atoms with Crippen molar-refractivity contribution in [1.82, 2.24) is 9.55 Å². The predicted octanol–water partition coefficient (Wildman–Crippen LogP) is 7.19. The van der Waals surface area contributed by atoms with Gasteiger partial charge in [-0.05, 0) is 38.1 Å². The molecule has 214 valence electrons. The van der Waals surface area contributed by atoms with E-state index in [1.807, 2.05) is 0 Å². The highest BCUT2D eigenvalue weighted by Gasteiger charge is 2.38. The highest BCUT2D eigenvalue weighted by molar-refractivity contribution is 5.70. The molecule has 0 N–H and O–H groups in total.